The van der Waals surface area contributed by atoms with E-state index < -0.39 is 5.91 Å². The van der Waals surface area contributed by atoms with Gasteiger partial charge in [0.25, 0.3) is 11.8 Å². The first kappa shape index (κ1) is 27.6. The summed E-state index contributed by atoms with van der Waals surface area (Å²) in [6, 6.07) is 14.3. The summed E-state index contributed by atoms with van der Waals surface area (Å²) in [7, 11) is 5.57. The number of nitrogens with zero attached hydrogens (tertiary/aromatic N) is 4. The quantitative estimate of drug-likeness (QED) is 0.340. The van der Waals surface area contributed by atoms with Gasteiger partial charge in [-0.2, -0.15) is 0 Å². The van der Waals surface area contributed by atoms with Crippen molar-refractivity contribution in [2.75, 3.05) is 57.7 Å². The first-order chi connectivity index (χ1) is 18.8. The number of benzene rings is 2. The molecule has 3 aromatic rings. The highest BCUT2D eigenvalue weighted by Gasteiger charge is 2.24. The number of aromatic nitrogens is 2. The zero-order chi connectivity index (χ0) is 27.8. The lowest BCUT2D eigenvalue weighted by Gasteiger charge is -2.34. The number of hydrogen-bond donors (Lipinski definition) is 3. The van der Waals surface area contributed by atoms with E-state index in [0.717, 1.165) is 31.7 Å². The SMILES string of the molecule is COc1ccc(C(=O)N[C@@H]2CCCN(c3cnc(C(N)=O)c(Nc4ccc(OCCN(C)C)cc4)n3)C2)cc1. The van der Waals surface area contributed by atoms with Crippen molar-refractivity contribution in [3.63, 3.8) is 0 Å². The molecule has 0 saturated carbocycles. The number of carbonyl (C=O) groups is 2. The molecule has 0 unspecified atom stereocenters. The Balaban J connectivity index is 1.43. The normalized spacial score (nSPS) is 15.1. The highest BCUT2D eigenvalue weighted by molar-refractivity contribution is 5.96. The van der Waals surface area contributed by atoms with Crippen LogP contribution in [0, 0.1) is 0 Å². The Kier molecular flexibility index (Phi) is 9.16. The number of anilines is 3. The summed E-state index contributed by atoms with van der Waals surface area (Å²) in [4.78, 5) is 37.9. The van der Waals surface area contributed by atoms with Crippen molar-refractivity contribution >= 4 is 29.1 Å². The van der Waals surface area contributed by atoms with Crippen LogP contribution in [0.2, 0.25) is 0 Å². The standard InChI is InChI=1S/C28H35N7O4/c1-34(2)15-16-39-23-12-8-20(9-13-23)31-27-25(26(29)36)30-17-24(33-27)35-14-4-5-21(18-35)32-28(37)19-6-10-22(38-3)11-7-19/h6-13,17,21H,4-5,14-16,18H2,1-3H3,(H2,29,36)(H,31,33)(H,32,37)/t21-/m1/s1. The minimum atomic E-state index is -0.677. The maximum atomic E-state index is 12.8. The monoisotopic (exact) mass is 533 g/mol. The smallest absolute Gasteiger partial charge is 0.271 e. The van der Waals surface area contributed by atoms with Gasteiger partial charge in [-0.3, -0.25) is 9.59 Å². The number of primary amides is 1. The number of methoxy groups -OCH3 is 1. The summed E-state index contributed by atoms with van der Waals surface area (Å²) in [5.74, 6) is 1.48. The van der Waals surface area contributed by atoms with Crippen LogP contribution in [0.5, 0.6) is 11.5 Å². The Hall–Kier alpha value is -4.38. The molecule has 0 radical (unpaired) electrons. The number of rotatable bonds is 11. The largest absolute Gasteiger partial charge is 0.497 e. The van der Waals surface area contributed by atoms with Gasteiger partial charge in [0, 0.05) is 36.9 Å². The molecule has 2 heterocycles. The maximum Gasteiger partial charge on any atom is 0.271 e. The molecule has 11 nitrogen and oxygen atoms in total. The molecule has 0 spiro atoms. The van der Waals surface area contributed by atoms with E-state index in [4.69, 9.17) is 15.2 Å². The number of piperidine rings is 1. The van der Waals surface area contributed by atoms with Crippen LogP contribution in [0.15, 0.2) is 54.7 Å². The zero-order valence-corrected chi connectivity index (χ0v) is 22.5. The van der Waals surface area contributed by atoms with Crippen molar-refractivity contribution in [3.05, 3.63) is 66.0 Å². The number of nitrogens with one attached hydrogen (secondary N) is 2. The summed E-state index contributed by atoms with van der Waals surface area (Å²) in [5, 5.41) is 6.27. The molecular weight excluding hydrogens is 498 g/mol. The lowest BCUT2D eigenvalue weighted by Crippen LogP contribution is -2.48. The first-order valence-corrected chi connectivity index (χ1v) is 12.8. The van der Waals surface area contributed by atoms with Gasteiger partial charge in [-0.1, -0.05) is 0 Å². The molecule has 206 valence electrons. The molecule has 1 aromatic heterocycles. The van der Waals surface area contributed by atoms with Gasteiger partial charge in [-0.05, 0) is 75.5 Å². The third-order valence-electron chi connectivity index (χ3n) is 6.35. The Morgan fingerprint density at radius 3 is 2.49 bits per heavy atom. The van der Waals surface area contributed by atoms with Crippen molar-refractivity contribution in [2.24, 2.45) is 5.73 Å². The van der Waals surface area contributed by atoms with E-state index in [1.165, 1.54) is 0 Å². The summed E-state index contributed by atoms with van der Waals surface area (Å²) in [6.45, 7) is 2.70. The first-order valence-electron chi connectivity index (χ1n) is 12.8. The van der Waals surface area contributed by atoms with Crippen LogP contribution in [0.25, 0.3) is 0 Å². The molecular formula is C28H35N7O4. The third kappa shape index (κ3) is 7.57. The second kappa shape index (κ2) is 12.9. The van der Waals surface area contributed by atoms with E-state index in [0.29, 0.717) is 36.0 Å². The predicted molar refractivity (Wildman–Crippen MR) is 150 cm³/mol. The Morgan fingerprint density at radius 1 is 1.10 bits per heavy atom. The van der Waals surface area contributed by atoms with E-state index in [2.05, 4.69) is 20.6 Å². The van der Waals surface area contributed by atoms with Crippen LogP contribution < -0.4 is 30.7 Å². The van der Waals surface area contributed by atoms with Crippen LogP contribution in [-0.4, -0.2) is 80.2 Å². The molecule has 39 heavy (non-hydrogen) atoms. The van der Waals surface area contributed by atoms with Crippen molar-refractivity contribution < 1.29 is 19.1 Å². The van der Waals surface area contributed by atoms with Gasteiger partial charge < -0.3 is 35.6 Å². The van der Waals surface area contributed by atoms with E-state index >= 15 is 0 Å². The minimum absolute atomic E-state index is 0.0476. The van der Waals surface area contributed by atoms with Gasteiger partial charge in [0.1, 0.15) is 23.9 Å². The fourth-order valence-corrected chi connectivity index (χ4v) is 4.23. The van der Waals surface area contributed by atoms with Crippen LogP contribution in [0.1, 0.15) is 33.7 Å². The predicted octanol–water partition coefficient (Wildman–Crippen LogP) is 2.67. The molecule has 0 bridgehead atoms. The summed E-state index contributed by atoms with van der Waals surface area (Å²) in [5.41, 5.74) is 6.91. The average molecular weight is 534 g/mol. The summed E-state index contributed by atoms with van der Waals surface area (Å²) >= 11 is 0. The summed E-state index contributed by atoms with van der Waals surface area (Å²) < 4.78 is 10.9. The van der Waals surface area contributed by atoms with Crippen molar-refractivity contribution in [1.82, 2.24) is 20.2 Å². The fourth-order valence-electron chi connectivity index (χ4n) is 4.23. The Morgan fingerprint density at radius 2 is 1.82 bits per heavy atom. The molecule has 1 atom stereocenters. The van der Waals surface area contributed by atoms with E-state index in [9.17, 15) is 9.59 Å². The molecule has 1 aliphatic heterocycles. The topological polar surface area (TPSA) is 135 Å². The van der Waals surface area contributed by atoms with E-state index in [1.807, 2.05) is 48.2 Å². The molecule has 2 aromatic carbocycles. The second-order valence-electron chi connectivity index (χ2n) is 9.58. The van der Waals surface area contributed by atoms with Gasteiger partial charge >= 0.3 is 0 Å². The van der Waals surface area contributed by atoms with Crippen LogP contribution in [0.3, 0.4) is 0 Å². The van der Waals surface area contributed by atoms with Crippen LogP contribution >= 0.6 is 0 Å². The number of hydrogen-bond acceptors (Lipinski definition) is 9. The van der Waals surface area contributed by atoms with Gasteiger partial charge in [-0.25, -0.2) is 9.97 Å². The number of carbonyl (C=O) groups excluding carboxylic acids is 2. The van der Waals surface area contributed by atoms with Crippen LogP contribution in [-0.2, 0) is 0 Å². The van der Waals surface area contributed by atoms with Gasteiger partial charge in [0.15, 0.2) is 11.5 Å². The van der Waals surface area contributed by atoms with Crippen molar-refractivity contribution in [2.45, 2.75) is 18.9 Å². The zero-order valence-electron chi connectivity index (χ0n) is 22.5. The Labute approximate surface area is 228 Å². The van der Waals surface area contributed by atoms with E-state index in [-0.39, 0.29) is 23.5 Å². The van der Waals surface area contributed by atoms with Crippen LogP contribution in [0.4, 0.5) is 17.3 Å². The third-order valence-corrected chi connectivity index (χ3v) is 6.35. The molecule has 4 N–H and O–H groups in total. The second-order valence-corrected chi connectivity index (χ2v) is 9.58. The molecule has 0 aliphatic carbocycles. The van der Waals surface area contributed by atoms with E-state index in [1.54, 1.807) is 37.6 Å². The number of amides is 2. The molecule has 11 heteroatoms. The lowest BCUT2D eigenvalue weighted by atomic mass is 10.0. The Bertz CT molecular complexity index is 1270. The molecule has 1 fully saturated rings. The van der Waals surface area contributed by atoms with Crippen molar-refractivity contribution in [1.29, 1.82) is 0 Å². The lowest BCUT2D eigenvalue weighted by molar-refractivity contribution is 0.0931. The number of nitrogens with two attached hydrogens (primary N) is 1. The molecule has 1 aliphatic rings. The fraction of sp³-hybridized carbons (Fsp3) is 0.357. The van der Waals surface area contributed by atoms with Gasteiger partial charge in [0.2, 0.25) is 0 Å². The minimum Gasteiger partial charge on any atom is -0.497 e. The highest BCUT2D eigenvalue weighted by Crippen LogP contribution is 2.25. The number of ether oxygens (including phenoxy) is 2. The van der Waals surface area contributed by atoms with Gasteiger partial charge in [0.05, 0.1) is 13.3 Å². The summed E-state index contributed by atoms with van der Waals surface area (Å²) in [6.07, 6.45) is 3.25. The highest BCUT2D eigenvalue weighted by atomic mass is 16.5. The average Bonchev–Trinajstić information content (AvgIpc) is 2.94. The maximum absolute atomic E-state index is 12.8. The molecule has 1 saturated heterocycles. The molecule has 4 rings (SSSR count). The van der Waals surface area contributed by atoms with Crippen molar-refractivity contribution in [3.8, 4) is 11.5 Å². The molecule has 2 amide bonds. The van der Waals surface area contributed by atoms with Gasteiger partial charge in [-0.15, -0.1) is 0 Å². The number of likely N-dealkylation sites (N-methyl/N-ethyl adjacent to an activating group) is 1.